The molecule has 0 atom stereocenters. The lowest BCUT2D eigenvalue weighted by Crippen LogP contribution is -2.42. The lowest BCUT2D eigenvalue weighted by molar-refractivity contribution is -0.384. The number of amides is 1. The molecule has 1 aromatic heterocycles. The highest BCUT2D eigenvalue weighted by Gasteiger charge is 2.34. The van der Waals surface area contributed by atoms with Crippen LogP contribution in [0, 0.1) is 10.1 Å². The molecule has 3 rings (SSSR count). The van der Waals surface area contributed by atoms with Gasteiger partial charge in [-0.25, -0.2) is 4.68 Å². The van der Waals surface area contributed by atoms with Crippen molar-refractivity contribution in [1.82, 2.24) is 14.7 Å². The lowest BCUT2D eigenvalue weighted by Gasteiger charge is -2.28. The Morgan fingerprint density at radius 1 is 1.36 bits per heavy atom. The molecular weight excluding hydrogens is 324 g/mol. The summed E-state index contributed by atoms with van der Waals surface area (Å²) in [6.07, 6.45) is 4.83. The zero-order valence-electron chi connectivity index (χ0n) is 14.0. The third-order valence-corrected chi connectivity index (χ3v) is 4.55. The number of rotatable bonds is 5. The van der Waals surface area contributed by atoms with Crippen molar-refractivity contribution in [2.45, 2.75) is 31.3 Å². The molecule has 0 spiro atoms. The maximum atomic E-state index is 12.5. The molecule has 0 saturated heterocycles. The van der Waals surface area contributed by atoms with Crippen LogP contribution in [0.25, 0.3) is 5.69 Å². The van der Waals surface area contributed by atoms with E-state index in [1.54, 1.807) is 25.2 Å². The van der Waals surface area contributed by atoms with Crippen molar-refractivity contribution < 1.29 is 14.8 Å². The predicted molar refractivity (Wildman–Crippen MR) is 90.6 cm³/mol. The van der Waals surface area contributed by atoms with E-state index in [4.69, 9.17) is 0 Å². The van der Waals surface area contributed by atoms with Crippen LogP contribution in [-0.4, -0.2) is 49.8 Å². The predicted octanol–water partition coefficient (Wildman–Crippen LogP) is 2.16. The van der Waals surface area contributed by atoms with Crippen LogP contribution in [0.2, 0.25) is 0 Å². The Morgan fingerprint density at radius 2 is 2.04 bits per heavy atom. The molecule has 0 radical (unpaired) electrons. The number of hydrogen-bond donors (Lipinski definition) is 1. The molecule has 8 heteroatoms. The topological polar surface area (TPSA) is 102 Å². The number of carbonyl (C=O) groups excluding carboxylic acids is 1. The van der Waals surface area contributed by atoms with Crippen LogP contribution in [0.4, 0.5) is 5.69 Å². The minimum atomic E-state index is -0.828. The number of benzene rings is 1. The highest BCUT2D eigenvalue weighted by molar-refractivity contribution is 5.92. The summed E-state index contributed by atoms with van der Waals surface area (Å²) < 4.78 is 1.32. The second-order valence-corrected chi connectivity index (χ2v) is 6.48. The first kappa shape index (κ1) is 17.1. The Labute approximate surface area is 144 Å². The molecule has 1 fully saturated rings. The van der Waals surface area contributed by atoms with E-state index in [0.717, 1.165) is 12.8 Å². The Morgan fingerprint density at radius 3 is 2.72 bits per heavy atom. The Bertz CT molecular complexity index is 795. The Balaban J connectivity index is 1.79. The fraction of sp³-hybridized carbons (Fsp3) is 0.412. The number of nitrogens with zero attached hydrogens (tertiary/aromatic N) is 4. The number of nitro benzene ring substituents is 1. The van der Waals surface area contributed by atoms with Gasteiger partial charge in [0, 0.05) is 25.9 Å². The molecule has 0 unspecified atom stereocenters. The fourth-order valence-corrected chi connectivity index (χ4v) is 3.28. The quantitative estimate of drug-likeness (QED) is 0.661. The molecule has 132 valence electrons. The highest BCUT2D eigenvalue weighted by atomic mass is 16.6. The van der Waals surface area contributed by atoms with Gasteiger partial charge in [0.25, 0.3) is 11.6 Å². The third kappa shape index (κ3) is 3.53. The molecule has 0 aliphatic heterocycles. The van der Waals surface area contributed by atoms with Crippen LogP contribution in [0.3, 0.4) is 0 Å². The third-order valence-electron chi connectivity index (χ3n) is 4.55. The van der Waals surface area contributed by atoms with Crippen molar-refractivity contribution in [3.63, 3.8) is 0 Å². The molecule has 8 nitrogen and oxygen atoms in total. The van der Waals surface area contributed by atoms with Gasteiger partial charge >= 0.3 is 0 Å². The van der Waals surface area contributed by atoms with E-state index in [-0.39, 0.29) is 23.8 Å². The zero-order chi connectivity index (χ0) is 18.0. The van der Waals surface area contributed by atoms with Crippen molar-refractivity contribution in [3.05, 3.63) is 52.3 Å². The number of aliphatic hydroxyl groups is 1. The van der Waals surface area contributed by atoms with Crippen LogP contribution in [-0.2, 0) is 0 Å². The minimum absolute atomic E-state index is 0.0850. The average Bonchev–Trinajstić information content (AvgIpc) is 3.23. The fourth-order valence-electron chi connectivity index (χ4n) is 3.28. The molecule has 2 aromatic rings. The Hall–Kier alpha value is -2.74. The SMILES string of the molecule is CN(CC1(O)CCCC1)C(=O)c1ccn(-c2ccccc2[N+](=O)[O-])n1. The largest absolute Gasteiger partial charge is 0.388 e. The molecule has 1 aliphatic rings. The van der Waals surface area contributed by atoms with Gasteiger partial charge in [0.15, 0.2) is 5.69 Å². The van der Waals surface area contributed by atoms with Crippen molar-refractivity contribution in [3.8, 4) is 5.69 Å². The summed E-state index contributed by atoms with van der Waals surface area (Å²) in [6.45, 7) is 0.254. The number of likely N-dealkylation sites (N-methyl/N-ethyl adjacent to an activating group) is 1. The number of aromatic nitrogens is 2. The first-order chi connectivity index (χ1) is 11.9. The molecule has 1 N–H and O–H groups in total. The van der Waals surface area contributed by atoms with E-state index >= 15 is 0 Å². The van der Waals surface area contributed by atoms with E-state index in [0.29, 0.717) is 18.5 Å². The summed E-state index contributed by atoms with van der Waals surface area (Å²) in [5, 5.41) is 25.8. The lowest BCUT2D eigenvalue weighted by atomic mass is 10.0. The summed E-state index contributed by atoms with van der Waals surface area (Å²) >= 11 is 0. The van der Waals surface area contributed by atoms with Crippen molar-refractivity contribution in [1.29, 1.82) is 0 Å². The molecule has 1 amide bonds. The summed E-state index contributed by atoms with van der Waals surface area (Å²) in [5.74, 6) is -0.322. The summed E-state index contributed by atoms with van der Waals surface area (Å²) in [7, 11) is 1.63. The van der Waals surface area contributed by atoms with E-state index < -0.39 is 10.5 Å². The highest BCUT2D eigenvalue weighted by Crippen LogP contribution is 2.30. The van der Waals surface area contributed by atoms with Crippen LogP contribution >= 0.6 is 0 Å². The van der Waals surface area contributed by atoms with E-state index in [1.807, 2.05) is 0 Å². The van der Waals surface area contributed by atoms with Crippen LogP contribution in [0.1, 0.15) is 36.2 Å². The number of nitro groups is 1. The van der Waals surface area contributed by atoms with Gasteiger partial charge in [0.1, 0.15) is 5.69 Å². The molecule has 1 saturated carbocycles. The summed E-state index contributed by atoms with van der Waals surface area (Å²) in [5.41, 5.74) is -0.436. The molecule has 1 aromatic carbocycles. The van der Waals surface area contributed by atoms with Gasteiger partial charge in [-0.3, -0.25) is 14.9 Å². The van der Waals surface area contributed by atoms with Crippen LogP contribution < -0.4 is 0 Å². The average molecular weight is 344 g/mol. The van der Waals surface area contributed by atoms with Gasteiger partial charge in [0.2, 0.25) is 0 Å². The Kier molecular flexibility index (Phi) is 4.54. The number of hydrogen-bond acceptors (Lipinski definition) is 5. The van der Waals surface area contributed by atoms with Gasteiger partial charge in [-0.15, -0.1) is 0 Å². The second-order valence-electron chi connectivity index (χ2n) is 6.48. The van der Waals surface area contributed by atoms with Gasteiger partial charge in [-0.2, -0.15) is 5.10 Å². The summed E-state index contributed by atoms with van der Waals surface area (Å²) in [6, 6.07) is 7.74. The first-order valence-electron chi connectivity index (χ1n) is 8.17. The molecule has 0 bridgehead atoms. The first-order valence-corrected chi connectivity index (χ1v) is 8.17. The molecular formula is C17H20N4O4. The smallest absolute Gasteiger partial charge is 0.294 e. The van der Waals surface area contributed by atoms with Gasteiger partial charge in [0.05, 0.1) is 10.5 Å². The molecule has 25 heavy (non-hydrogen) atoms. The van der Waals surface area contributed by atoms with Crippen molar-refractivity contribution >= 4 is 11.6 Å². The van der Waals surface area contributed by atoms with Gasteiger partial charge in [-0.05, 0) is 25.0 Å². The van der Waals surface area contributed by atoms with Crippen LogP contribution in [0.15, 0.2) is 36.5 Å². The van der Waals surface area contributed by atoms with Gasteiger partial charge < -0.3 is 10.0 Å². The van der Waals surface area contributed by atoms with E-state index in [1.165, 1.54) is 27.9 Å². The van der Waals surface area contributed by atoms with Crippen molar-refractivity contribution in [2.24, 2.45) is 0 Å². The second kappa shape index (κ2) is 6.64. The molecule has 1 aliphatic carbocycles. The van der Waals surface area contributed by atoms with Crippen molar-refractivity contribution in [2.75, 3.05) is 13.6 Å². The van der Waals surface area contributed by atoms with E-state index in [9.17, 15) is 20.0 Å². The van der Waals surface area contributed by atoms with Gasteiger partial charge in [-0.1, -0.05) is 25.0 Å². The molecule has 1 heterocycles. The maximum absolute atomic E-state index is 12.5. The normalized spacial score (nSPS) is 15.9. The van der Waals surface area contributed by atoms with Crippen LogP contribution in [0.5, 0.6) is 0 Å². The number of para-hydroxylation sites is 2. The monoisotopic (exact) mass is 344 g/mol. The summed E-state index contributed by atoms with van der Waals surface area (Å²) in [4.78, 5) is 24.6. The van der Waals surface area contributed by atoms with E-state index in [2.05, 4.69) is 5.10 Å². The number of carbonyl (C=O) groups is 1. The zero-order valence-corrected chi connectivity index (χ0v) is 14.0. The maximum Gasteiger partial charge on any atom is 0.294 e. The minimum Gasteiger partial charge on any atom is -0.388 e. The standard InChI is InChI=1S/C17H20N4O4/c1-19(12-17(23)9-4-5-10-17)16(22)13-8-11-20(18-13)14-6-2-3-7-15(14)21(24)25/h2-3,6-8,11,23H,4-5,9-10,12H2,1H3.